The number of carbonyl (C=O) groups is 1. The molecule has 1 amide bonds. The Balaban J connectivity index is 0.00000231. The van der Waals surface area contributed by atoms with Crippen molar-refractivity contribution >= 4 is 29.1 Å². The van der Waals surface area contributed by atoms with Gasteiger partial charge in [0.25, 0.3) is 5.91 Å². The highest BCUT2D eigenvalue weighted by atomic mass is 16.1. The molecule has 0 aromatic carbocycles. The quantitative estimate of drug-likeness (QED) is 0.538. The molecular weight excluding hydrogens is 394 g/mol. The summed E-state index contributed by atoms with van der Waals surface area (Å²) in [6.45, 7) is 3.27. The molecule has 31 heavy (non-hydrogen) atoms. The minimum atomic E-state index is -0.258. The van der Waals surface area contributed by atoms with E-state index in [0.29, 0.717) is 17.0 Å². The normalized spacial score (nSPS) is 13.7. The third-order valence-electron chi connectivity index (χ3n) is 4.91. The van der Waals surface area contributed by atoms with E-state index >= 15 is 0 Å². The molecule has 0 atom stereocenters. The van der Waals surface area contributed by atoms with E-state index < -0.39 is 0 Å². The van der Waals surface area contributed by atoms with E-state index in [1.54, 1.807) is 41.4 Å². The molecule has 158 valence electrons. The molecule has 5 heterocycles. The molecule has 1 fully saturated rings. The maximum Gasteiger partial charge on any atom is 0.258 e. The number of aromatic nitrogens is 6. The van der Waals surface area contributed by atoms with Crippen molar-refractivity contribution in [3.8, 4) is 0 Å². The average Bonchev–Trinajstić information content (AvgIpc) is 3.22. The predicted octanol–water partition coefficient (Wildman–Crippen LogP) is 2.13. The summed E-state index contributed by atoms with van der Waals surface area (Å²) in [5.74, 6) is 1.80. The lowest BCUT2D eigenvalue weighted by Gasteiger charge is -2.35. The Kier molecular flexibility index (Phi) is 5.69. The van der Waals surface area contributed by atoms with Crippen LogP contribution in [0.5, 0.6) is 0 Å². The third-order valence-corrected chi connectivity index (χ3v) is 4.91. The molecule has 0 radical (unpaired) electrons. The average molecular weight is 417 g/mol. The molecule has 5 rings (SSSR count). The smallest absolute Gasteiger partial charge is 0.258 e. The van der Waals surface area contributed by atoms with E-state index in [9.17, 15) is 4.79 Å². The lowest BCUT2D eigenvalue weighted by atomic mass is 10.3. The SMILES string of the molecule is C.O=C(Nc1cn2nc(N3CCN(c4ncccn4)CC3)ccc2n1)c1cccnc1. The molecule has 0 saturated carbocycles. The number of amides is 1. The van der Waals surface area contributed by atoms with E-state index in [4.69, 9.17) is 0 Å². The van der Waals surface area contributed by atoms with Gasteiger partial charge in [-0.25, -0.2) is 19.5 Å². The van der Waals surface area contributed by atoms with Gasteiger partial charge in [0, 0.05) is 51.0 Å². The van der Waals surface area contributed by atoms with Crippen LogP contribution in [0.4, 0.5) is 17.6 Å². The molecular formula is C21H23N9O. The van der Waals surface area contributed by atoms with Crippen molar-refractivity contribution in [1.82, 2.24) is 29.5 Å². The Morgan fingerprint density at radius 3 is 2.45 bits per heavy atom. The van der Waals surface area contributed by atoms with Gasteiger partial charge in [-0.15, -0.1) is 5.10 Å². The minimum Gasteiger partial charge on any atom is -0.352 e. The van der Waals surface area contributed by atoms with E-state index in [1.165, 1.54) is 6.20 Å². The minimum absolute atomic E-state index is 0. The van der Waals surface area contributed by atoms with Gasteiger partial charge in [-0.2, -0.15) is 0 Å². The first-order valence-corrected chi connectivity index (χ1v) is 9.61. The van der Waals surface area contributed by atoms with Crippen LogP contribution in [0.1, 0.15) is 17.8 Å². The standard InChI is InChI=1S/C20H19N9O.CH4/c30-19(15-3-1-6-21-13-15)25-16-14-29-17(24-16)4-5-18(26-29)27-9-11-28(12-10-27)20-22-7-2-8-23-20;/h1-8,13-14H,9-12H2,(H,25,30);1H4. The van der Waals surface area contributed by atoms with Crippen LogP contribution in [0.15, 0.2) is 61.3 Å². The summed E-state index contributed by atoms with van der Waals surface area (Å²) < 4.78 is 1.68. The second kappa shape index (κ2) is 8.74. The van der Waals surface area contributed by atoms with Crippen LogP contribution in [0.25, 0.3) is 5.65 Å². The van der Waals surface area contributed by atoms with Crippen molar-refractivity contribution in [1.29, 1.82) is 0 Å². The highest BCUT2D eigenvalue weighted by Gasteiger charge is 2.20. The van der Waals surface area contributed by atoms with Crippen molar-refractivity contribution in [2.75, 3.05) is 41.3 Å². The summed E-state index contributed by atoms with van der Waals surface area (Å²) >= 11 is 0. The number of nitrogens with zero attached hydrogens (tertiary/aromatic N) is 8. The summed E-state index contributed by atoms with van der Waals surface area (Å²) in [7, 11) is 0. The Morgan fingerprint density at radius 2 is 1.71 bits per heavy atom. The largest absolute Gasteiger partial charge is 0.352 e. The van der Waals surface area contributed by atoms with Crippen molar-refractivity contribution in [3.05, 3.63) is 66.9 Å². The first-order chi connectivity index (χ1) is 14.8. The molecule has 1 aliphatic heterocycles. The zero-order chi connectivity index (χ0) is 20.3. The molecule has 4 aromatic rings. The lowest BCUT2D eigenvalue weighted by molar-refractivity contribution is 0.102. The number of pyridine rings is 1. The fraction of sp³-hybridized carbons (Fsp3) is 0.238. The van der Waals surface area contributed by atoms with Crippen LogP contribution in [-0.4, -0.2) is 61.6 Å². The zero-order valence-electron chi connectivity index (χ0n) is 16.1. The number of imidazole rings is 1. The van der Waals surface area contributed by atoms with E-state index in [0.717, 1.165) is 37.9 Å². The summed E-state index contributed by atoms with van der Waals surface area (Å²) in [4.78, 5) is 33.7. The third kappa shape index (κ3) is 4.27. The first kappa shape index (κ1) is 20.2. The number of nitrogens with one attached hydrogen (secondary N) is 1. The Labute approximate surface area is 179 Å². The van der Waals surface area contributed by atoms with Gasteiger partial charge in [0.15, 0.2) is 11.5 Å². The van der Waals surface area contributed by atoms with Gasteiger partial charge in [0.2, 0.25) is 5.95 Å². The number of piperazine rings is 1. The lowest BCUT2D eigenvalue weighted by Crippen LogP contribution is -2.47. The van der Waals surface area contributed by atoms with Crippen LogP contribution in [0, 0.1) is 0 Å². The zero-order valence-corrected chi connectivity index (χ0v) is 16.1. The highest BCUT2D eigenvalue weighted by molar-refractivity contribution is 6.03. The fourth-order valence-electron chi connectivity index (χ4n) is 3.38. The summed E-state index contributed by atoms with van der Waals surface area (Å²) in [5, 5.41) is 7.45. The Morgan fingerprint density at radius 1 is 0.935 bits per heavy atom. The topological polar surface area (TPSA) is 104 Å². The summed E-state index contributed by atoms with van der Waals surface area (Å²) in [6.07, 6.45) is 8.37. The molecule has 0 bridgehead atoms. The maximum atomic E-state index is 12.3. The van der Waals surface area contributed by atoms with Crippen LogP contribution in [0.2, 0.25) is 0 Å². The molecule has 10 heteroatoms. The molecule has 4 aromatic heterocycles. The van der Waals surface area contributed by atoms with Gasteiger partial charge in [0.1, 0.15) is 5.82 Å². The van der Waals surface area contributed by atoms with E-state index in [2.05, 4.69) is 40.2 Å². The number of rotatable bonds is 4. The fourth-order valence-corrected chi connectivity index (χ4v) is 3.38. The number of hydrogen-bond donors (Lipinski definition) is 1. The monoisotopic (exact) mass is 417 g/mol. The maximum absolute atomic E-state index is 12.3. The van der Waals surface area contributed by atoms with Gasteiger partial charge in [-0.05, 0) is 30.3 Å². The number of fused-ring (bicyclic) bond motifs is 1. The highest BCUT2D eigenvalue weighted by Crippen LogP contribution is 2.18. The molecule has 1 aliphatic rings. The molecule has 1 N–H and O–H groups in total. The van der Waals surface area contributed by atoms with Crippen molar-refractivity contribution in [2.45, 2.75) is 7.43 Å². The van der Waals surface area contributed by atoms with Gasteiger partial charge < -0.3 is 15.1 Å². The summed E-state index contributed by atoms with van der Waals surface area (Å²) in [5.41, 5.74) is 1.14. The van der Waals surface area contributed by atoms with Gasteiger partial charge in [0.05, 0.1) is 11.8 Å². The van der Waals surface area contributed by atoms with Crippen LogP contribution >= 0.6 is 0 Å². The van der Waals surface area contributed by atoms with Gasteiger partial charge in [-0.1, -0.05) is 7.43 Å². The molecule has 0 unspecified atom stereocenters. The van der Waals surface area contributed by atoms with Crippen molar-refractivity contribution < 1.29 is 4.79 Å². The molecule has 1 saturated heterocycles. The van der Waals surface area contributed by atoms with Crippen LogP contribution in [-0.2, 0) is 0 Å². The number of anilines is 3. The van der Waals surface area contributed by atoms with Crippen molar-refractivity contribution in [3.63, 3.8) is 0 Å². The summed E-state index contributed by atoms with van der Waals surface area (Å²) in [6, 6.07) is 9.08. The van der Waals surface area contributed by atoms with E-state index in [-0.39, 0.29) is 13.3 Å². The molecule has 10 nitrogen and oxygen atoms in total. The molecule has 0 aliphatic carbocycles. The Hall–Kier alpha value is -4.08. The second-order valence-corrected chi connectivity index (χ2v) is 6.84. The van der Waals surface area contributed by atoms with E-state index in [1.807, 2.05) is 18.2 Å². The predicted molar refractivity (Wildman–Crippen MR) is 118 cm³/mol. The Bertz CT molecular complexity index is 1160. The van der Waals surface area contributed by atoms with Gasteiger partial charge in [-0.3, -0.25) is 9.78 Å². The molecule has 0 spiro atoms. The second-order valence-electron chi connectivity index (χ2n) is 6.84. The van der Waals surface area contributed by atoms with Crippen LogP contribution < -0.4 is 15.1 Å². The number of hydrogen-bond acceptors (Lipinski definition) is 8. The van der Waals surface area contributed by atoms with Gasteiger partial charge >= 0.3 is 0 Å². The first-order valence-electron chi connectivity index (χ1n) is 9.61. The number of carbonyl (C=O) groups excluding carboxylic acids is 1. The van der Waals surface area contributed by atoms with Crippen LogP contribution in [0.3, 0.4) is 0 Å². The van der Waals surface area contributed by atoms with Crippen molar-refractivity contribution in [2.24, 2.45) is 0 Å².